The zero-order valence-electron chi connectivity index (χ0n) is 6.80. The van der Waals surface area contributed by atoms with Crippen molar-refractivity contribution in [1.82, 2.24) is 0 Å². The molecule has 0 rings (SSSR count). The minimum absolute atomic E-state index is 0.0897. The van der Waals surface area contributed by atoms with Crippen molar-refractivity contribution >= 4 is 5.97 Å². The molecule has 0 unspecified atom stereocenters. The van der Waals surface area contributed by atoms with Gasteiger partial charge < -0.3 is 10.8 Å². The van der Waals surface area contributed by atoms with Crippen LogP contribution < -0.4 is 5.73 Å². The third kappa shape index (κ3) is 2.84. The number of rotatable bonds is 4. The van der Waals surface area contributed by atoms with Crippen molar-refractivity contribution in [3.05, 3.63) is 0 Å². The maximum Gasteiger partial charge on any atom is 0.326 e. The fourth-order valence-corrected chi connectivity index (χ4v) is 0.928. The SMILES string of the molecule is CC(C)C[C@](N)(CF)C(=O)O. The van der Waals surface area contributed by atoms with E-state index in [2.05, 4.69) is 0 Å². The van der Waals surface area contributed by atoms with Gasteiger partial charge >= 0.3 is 5.97 Å². The molecule has 0 aliphatic carbocycles. The Morgan fingerprint density at radius 1 is 1.73 bits per heavy atom. The second-order valence-corrected chi connectivity index (χ2v) is 3.19. The first-order chi connectivity index (χ1) is 4.92. The Kier molecular flexibility index (Phi) is 3.45. The summed E-state index contributed by atoms with van der Waals surface area (Å²) in [5.41, 5.74) is 3.58. The molecule has 0 saturated heterocycles. The van der Waals surface area contributed by atoms with E-state index in [1.165, 1.54) is 0 Å². The van der Waals surface area contributed by atoms with Crippen molar-refractivity contribution in [3.8, 4) is 0 Å². The van der Waals surface area contributed by atoms with Crippen LogP contribution in [0.1, 0.15) is 20.3 Å². The van der Waals surface area contributed by atoms with Gasteiger partial charge in [0.25, 0.3) is 0 Å². The quantitative estimate of drug-likeness (QED) is 0.643. The Labute approximate surface area is 65.4 Å². The van der Waals surface area contributed by atoms with Crippen LogP contribution in [0.25, 0.3) is 0 Å². The zero-order chi connectivity index (χ0) is 9.07. The maximum atomic E-state index is 12.1. The summed E-state index contributed by atoms with van der Waals surface area (Å²) in [5, 5.41) is 8.52. The molecule has 66 valence electrons. The highest BCUT2D eigenvalue weighted by Crippen LogP contribution is 2.14. The number of nitrogens with two attached hydrogens (primary N) is 1. The standard InChI is InChI=1S/C7H14FNO2/c1-5(2)3-7(9,4-8)6(10)11/h5H,3-4,9H2,1-2H3,(H,10,11)/t7-/m0/s1. The number of carboxylic acids is 1. The third-order valence-corrected chi connectivity index (χ3v) is 1.44. The highest BCUT2D eigenvalue weighted by Gasteiger charge is 2.34. The summed E-state index contributed by atoms with van der Waals surface area (Å²) in [7, 11) is 0. The average Bonchev–Trinajstić information content (AvgIpc) is 1.86. The lowest BCUT2D eigenvalue weighted by molar-refractivity contribution is -0.144. The number of alkyl halides is 1. The number of hydrogen-bond donors (Lipinski definition) is 2. The molecule has 0 spiro atoms. The van der Waals surface area contributed by atoms with Gasteiger partial charge in [-0.05, 0) is 12.3 Å². The van der Waals surface area contributed by atoms with Gasteiger partial charge in [0, 0.05) is 0 Å². The van der Waals surface area contributed by atoms with Crippen molar-refractivity contribution in [1.29, 1.82) is 0 Å². The second-order valence-electron chi connectivity index (χ2n) is 3.19. The van der Waals surface area contributed by atoms with Crippen LogP contribution in [0.2, 0.25) is 0 Å². The largest absolute Gasteiger partial charge is 0.480 e. The van der Waals surface area contributed by atoms with Crippen LogP contribution >= 0.6 is 0 Å². The van der Waals surface area contributed by atoms with E-state index in [0.717, 1.165) is 0 Å². The van der Waals surface area contributed by atoms with Crippen molar-refractivity contribution < 1.29 is 14.3 Å². The molecular weight excluding hydrogens is 149 g/mol. The van der Waals surface area contributed by atoms with Gasteiger partial charge in [-0.3, -0.25) is 4.79 Å². The first-order valence-electron chi connectivity index (χ1n) is 3.50. The molecule has 0 aromatic carbocycles. The predicted molar refractivity (Wildman–Crippen MR) is 40.0 cm³/mol. The summed E-state index contributed by atoms with van der Waals surface area (Å²) < 4.78 is 12.1. The maximum absolute atomic E-state index is 12.1. The van der Waals surface area contributed by atoms with E-state index in [4.69, 9.17) is 10.8 Å². The fourth-order valence-electron chi connectivity index (χ4n) is 0.928. The van der Waals surface area contributed by atoms with Gasteiger partial charge in [-0.25, -0.2) is 4.39 Å². The summed E-state index contributed by atoms with van der Waals surface area (Å²) in [5.74, 6) is -1.18. The van der Waals surface area contributed by atoms with Gasteiger partial charge in [-0.2, -0.15) is 0 Å². The Hall–Kier alpha value is -0.640. The summed E-state index contributed by atoms with van der Waals surface area (Å²) in [6.07, 6.45) is 0.166. The Morgan fingerprint density at radius 3 is 2.27 bits per heavy atom. The number of hydrogen-bond acceptors (Lipinski definition) is 2. The molecule has 0 aromatic heterocycles. The van der Waals surface area contributed by atoms with E-state index in [9.17, 15) is 9.18 Å². The van der Waals surface area contributed by atoms with Crippen LogP contribution in [0.15, 0.2) is 0 Å². The van der Waals surface area contributed by atoms with Crippen LogP contribution in [0.4, 0.5) is 4.39 Å². The van der Waals surface area contributed by atoms with Crippen molar-refractivity contribution in [2.45, 2.75) is 25.8 Å². The Bertz CT molecular complexity index is 149. The van der Waals surface area contributed by atoms with Crippen LogP contribution in [-0.2, 0) is 4.79 Å². The topological polar surface area (TPSA) is 63.3 Å². The van der Waals surface area contributed by atoms with E-state index in [-0.39, 0.29) is 12.3 Å². The minimum Gasteiger partial charge on any atom is -0.480 e. The molecular formula is C7H14FNO2. The summed E-state index contributed by atoms with van der Waals surface area (Å²) in [6.45, 7) is 2.60. The molecule has 0 aliphatic heterocycles. The predicted octanol–water partition coefficient (Wildman–Crippen LogP) is 0.784. The number of aliphatic carboxylic acids is 1. The lowest BCUT2D eigenvalue weighted by Gasteiger charge is -2.22. The molecule has 0 heterocycles. The zero-order valence-corrected chi connectivity index (χ0v) is 6.80. The van der Waals surface area contributed by atoms with Crippen LogP contribution in [-0.4, -0.2) is 23.3 Å². The molecule has 1 atom stereocenters. The van der Waals surface area contributed by atoms with Gasteiger partial charge in [0.15, 0.2) is 0 Å². The average molecular weight is 163 g/mol. The number of carboxylic acid groups (broad SMARTS) is 1. The Balaban J connectivity index is 4.22. The van der Waals surface area contributed by atoms with E-state index in [1.54, 1.807) is 13.8 Å². The van der Waals surface area contributed by atoms with Gasteiger partial charge in [0.2, 0.25) is 0 Å². The molecule has 3 nitrogen and oxygen atoms in total. The molecule has 0 fully saturated rings. The number of halogens is 1. The van der Waals surface area contributed by atoms with E-state index < -0.39 is 18.2 Å². The van der Waals surface area contributed by atoms with Gasteiger partial charge in [0.05, 0.1) is 0 Å². The smallest absolute Gasteiger partial charge is 0.326 e. The van der Waals surface area contributed by atoms with Gasteiger partial charge in [0.1, 0.15) is 12.2 Å². The molecule has 11 heavy (non-hydrogen) atoms. The monoisotopic (exact) mass is 163 g/mol. The fraction of sp³-hybridized carbons (Fsp3) is 0.857. The van der Waals surface area contributed by atoms with E-state index >= 15 is 0 Å². The minimum atomic E-state index is -1.69. The second kappa shape index (κ2) is 3.67. The molecule has 0 amide bonds. The van der Waals surface area contributed by atoms with Gasteiger partial charge in [-0.15, -0.1) is 0 Å². The molecule has 0 aromatic rings. The van der Waals surface area contributed by atoms with E-state index in [0.29, 0.717) is 0 Å². The Morgan fingerprint density at radius 2 is 2.18 bits per heavy atom. The highest BCUT2D eigenvalue weighted by atomic mass is 19.1. The number of carbonyl (C=O) groups is 1. The van der Waals surface area contributed by atoms with Gasteiger partial charge in [-0.1, -0.05) is 13.8 Å². The molecule has 0 bridgehead atoms. The summed E-state index contributed by atoms with van der Waals surface area (Å²) in [4.78, 5) is 10.4. The lowest BCUT2D eigenvalue weighted by atomic mass is 9.91. The lowest BCUT2D eigenvalue weighted by Crippen LogP contribution is -2.51. The highest BCUT2D eigenvalue weighted by molar-refractivity contribution is 5.78. The molecule has 0 saturated carbocycles. The van der Waals surface area contributed by atoms with Crippen molar-refractivity contribution in [2.24, 2.45) is 11.7 Å². The molecule has 4 heteroatoms. The first-order valence-corrected chi connectivity index (χ1v) is 3.50. The molecule has 3 N–H and O–H groups in total. The van der Waals surface area contributed by atoms with Crippen LogP contribution in [0.5, 0.6) is 0 Å². The van der Waals surface area contributed by atoms with Crippen LogP contribution in [0, 0.1) is 5.92 Å². The van der Waals surface area contributed by atoms with Crippen molar-refractivity contribution in [3.63, 3.8) is 0 Å². The first kappa shape index (κ1) is 10.4. The molecule has 0 radical (unpaired) electrons. The van der Waals surface area contributed by atoms with E-state index in [1.807, 2.05) is 0 Å². The summed E-state index contributed by atoms with van der Waals surface area (Å²) in [6, 6.07) is 0. The normalized spacial score (nSPS) is 16.5. The van der Waals surface area contributed by atoms with Crippen molar-refractivity contribution in [2.75, 3.05) is 6.67 Å². The van der Waals surface area contributed by atoms with Crippen LogP contribution in [0.3, 0.4) is 0 Å². The third-order valence-electron chi connectivity index (χ3n) is 1.44. The summed E-state index contributed by atoms with van der Waals surface area (Å²) >= 11 is 0. The molecule has 0 aliphatic rings.